The monoisotopic (exact) mass is 623 g/mol. The third kappa shape index (κ3) is 9.42. The van der Waals surface area contributed by atoms with E-state index < -0.39 is 17.9 Å². The van der Waals surface area contributed by atoms with Crippen molar-refractivity contribution in [2.75, 3.05) is 20.3 Å². The lowest BCUT2D eigenvalue weighted by Crippen LogP contribution is -2.36. The molecule has 0 heterocycles. The predicted molar refractivity (Wildman–Crippen MR) is 142 cm³/mol. The van der Waals surface area contributed by atoms with Crippen LogP contribution in [0.1, 0.15) is 30.9 Å². The summed E-state index contributed by atoms with van der Waals surface area (Å²) >= 11 is 14.1. The van der Waals surface area contributed by atoms with Crippen LogP contribution in [-0.2, 0) is 16.0 Å². The SMILES string of the molecule is CCO.COc1ccc(I)c(C(/C(=C/C(=O)O)C(=O)O)C(C)NCCc2ccc(Cl)c(Cl)c2)c1. The molecule has 2 rings (SSSR count). The number of aliphatic hydroxyl groups excluding tert-OH is 1. The van der Waals surface area contributed by atoms with E-state index in [0.29, 0.717) is 34.3 Å². The van der Waals surface area contributed by atoms with Crippen molar-refractivity contribution in [3.8, 4) is 5.75 Å². The normalized spacial score (nSPS) is 12.9. The third-order valence-electron chi connectivity index (χ3n) is 4.76. The van der Waals surface area contributed by atoms with Crippen molar-refractivity contribution in [3.63, 3.8) is 0 Å². The largest absolute Gasteiger partial charge is 0.497 e. The number of aliphatic carboxylic acids is 2. The van der Waals surface area contributed by atoms with Crippen LogP contribution in [0.5, 0.6) is 5.75 Å². The Morgan fingerprint density at radius 3 is 2.32 bits per heavy atom. The van der Waals surface area contributed by atoms with E-state index in [1.54, 1.807) is 31.2 Å². The van der Waals surface area contributed by atoms with Crippen molar-refractivity contribution in [1.82, 2.24) is 5.32 Å². The molecule has 0 aliphatic rings. The molecular weight excluding hydrogens is 596 g/mol. The molecule has 10 heteroatoms. The van der Waals surface area contributed by atoms with Gasteiger partial charge in [-0.25, -0.2) is 9.59 Å². The number of aliphatic hydroxyl groups is 1. The van der Waals surface area contributed by atoms with Crippen LogP contribution in [0, 0.1) is 3.57 Å². The van der Waals surface area contributed by atoms with Crippen molar-refractivity contribution in [3.05, 3.63) is 72.8 Å². The number of hydrogen-bond donors (Lipinski definition) is 4. The second-order valence-electron chi connectivity index (χ2n) is 7.17. The zero-order valence-corrected chi connectivity index (χ0v) is 22.7. The predicted octanol–water partition coefficient (Wildman–Crippen LogP) is 5.01. The zero-order valence-electron chi connectivity index (χ0n) is 19.0. The summed E-state index contributed by atoms with van der Waals surface area (Å²) in [7, 11) is 1.52. The van der Waals surface area contributed by atoms with Crippen LogP contribution in [0.2, 0.25) is 10.0 Å². The molecule has 0 aliphatic carbocycles. The van der Waals surface area contributed by atoms with Crippen LogP contribution in [0.4, 0.5) is 0 Å². The van der Waals surface area contributed by atoms with Gasteiger partial charge in [0.2, 0.25) is 0 Å². The molecule has 2 aromatic rings. The van der Waals surface area contributed by atoms with Gasteiger partial charge in [-0.1, -0.05) is 29.3 Å². The average Bonchev–Trinajstić information content (AvgIpc) is 2.77. The number of halogens is 3. The minimum Gasteiger partial charge on any atom is -0.497 e. The van der Waals surface area contributed by atoms with Gasteiger partial charge in [0, 0.05) is 28.2 Å². The minimum atomic E-state index is -1.32. The standard InChI is InChI=1S/C22H22Cl2INO5.C2H6O/c1-12(26-8-7-13-3-5-17(23)18(24)9-13)21(16(22(29)30)11-20(27)28)15-10-14(31-2)4-6-19(15)25;1-2-3/h3-6,9-12,21,26H,7-8H2,1-2H3,(H,27,28)(H,29,30);3H,2H2,1H3/b16-11-;. The van der Waals surface area contributed by atoms with Gasteiger partial charge in [-0.15, -0.1) is 0 Å². The Morgan fingerprint density at radius 2 is 1.79 bits per heavy atom. The van der Waals surface area contributed by atoms with E-state index in [1.165, 1.54) is 7.11 Å². The first-order chi connectivity index (χ1) is 16.0. The number of methoxy groups -OCH3 is 1. The van der Waals surface area contributed by atoms with Gasteiger partial charge in [0.15, 0.2) is 0 Å². The Hall–Kier alpha value is -1.85. The highest BCUT2D eigenvalue weighted by atomic mass is 127. The van der Waals surface area contributed by atoms with Gasteiger partial charge in [-0.05, 0) is 90.9 Å². The number of carboxylic acid groups (broad SMARTS) is 2. The Morgan fingerprint density at radius 1 is 1.15 bits per heavy atom. The Kier molecular flexibility index (Phi) is 13.5. The van der Waals surface area contributed by atoms with Crippen LogP contribution in [0.25, 0.3) is 0 Å². The highest BCUT2D eigenvalue weighted by Gasteiger charge is 2.30. The molecule has 0 bridgehead atoms. The number of rotatable bonds is 10. The molecule has 0 aromatic heterocycles. The van der Waals surface area contributed by atoms with E-state index in [2.05, 4.69) is 27.9 Å². The van der Waals surface area contributed by atoms with Crippen LogP contribution in [0.3, 0.4) is 0 Å². The van der Waals surface area contributed by atoms with Crippen molar-refractivity contribution < 1.29 is 29.6 Å². The molecular formula is C24H28Cl2INO6. The Bertz CT molecular complexity index is 1010. The maximum absolute atomic E-state index is 12.0. The van der Waals surface area contributed by atoms with Gasteiger partial charge in [0.1, 0.15) is 5.75 Å². The van der Waals surface area contributed by atoms with E-state index in [0.717, 1.165) is 15.2 Å². The highest BCUT2D eigenvalue weighted by Crippen LogP contribution is 2.34. The second kappa shape index (κ2) is 15.2. The van der Waals surface area contributed by atoms with Gasteiger partial charge in [-0.2, -0.15) is 0 Å². The summed E-state index contributed by atoms with van der Waals surface area (Å²) in [6.07, 6.45) is 1.38. The fourth-order valence-electron chi connectivity index (χ4n) is 3.27. The van der Waals surface area contributed by atoms with Crippen molar-refractivity contribution in [2.24, 2.45) is 0 Å². The summed E-state index contributed by atoms with van der Waals surface area (Å²) in [6.45, 7) is 4.28. The van der Waals surface area contributed by atoms with Crippen LogP contribution >= 0.6 is 45.8 Å². The van der Waals surface area contributed by atoms with E-state index in [4.69, 9.17) is 33.0 Å². The van der Waals surface area contributed by atoms with E-state index in [9.17, 15) is 19.8 Å². The molecule has 0 saturated heterocycles. The van der Waals surface area contributed by atoms with Gasteiger partial charge in [0.25, 0.3) is 0 Å². The molecule has 2 atom stereocenters. The zero-order chi connectivity index (χ0) is 25.8. The van der Waals surface area contributed by atoms with Crippen molar-refractivity contribution >= 4 is 57.7 Å². The molecule has 0 aliphatic heterocycles. The number of hydrogen-bond acceptors (Lipinski definition) is 5. The molecule has 2 unspecified atom stereocenters. The molecule has 0 radical (unpaired) electrons. The number of carbonyl (C=O) groups is 2. The molecule has 4 N–H and O–H groups in total. The first-order valence-electron chi connectivity index (χ1n) is 10.3. The van der Waals surface area contributed by atoms with Crippen LogP contribution in [0.15, 0.2) is 48.0 Å². The lowest BCUT2D eigenvalue weighted by molar-refractivity contribution is -0.135. The Labute approximate surface area is 222 Å². The minimum absolute atomic E-state index is 0.215. The van der Waals surface area contributed by atoms with Gasteiger partial charge >= 0.3 is 11.9 Å². The van der Waals surface area contributed by atoms with Crippen LogP contribution < -0.4 is 10.1 Å². The van der Waals surface area contributed by atoms with E-state index in [1.807, 2.05) is 19.1 Å². The van der Waals surface area contributed by atoms with Gasteiger partial charge < -0.3 is 25.4 Å². The molecule has 0 spiro atoms. The maximum Gasteiger partial charge on any atom is 0.332 e. The highest BCUT2D eigenvalue weighted by molar-refractivity contribution is 14.1. The van der Waals surface area contributed by atoms with E-state index in [-0.39, 0.29) is 18.2 Å². The molecule has 186 valence electrons. The number of benzene rings is 2. The lowest BCUT2D eigenvalue weighted by atomic mass is 9.84. The summed E-state index contributed by atoms with van der Waals surface area (Å²) in [5.41, 5.74) is 1.43. The van der Waals surface area contributed by atoms with Crippen molar-refractivity contribution in [2.45, 2.75) is 32.2 Å². The molecule has 34 heavy (non-hydrogen) atoms. The number of nitrogens with one attached hydrogen (secondary N) is 1. The quantitative estimate of drug-likeness (QED) is 0.217. The average molecular weight is 624 g/mol. The first kappa shape index (κ1) is 30.2. The molecule has 2 aromatic carbocycles. The van der Waals surface area contributed by atoms with Gasteiger partial charge in [0.05, 0.1) is 22.7 Å². The first-order valence-corrected chi connectivity index (χ1v) is 12.2. The lowest BCUT2D eigenvalue weighted by Gasteiger charge is -2.27. The van der Waals surface area contributed by atoms with E-state index >= 15 is 0 Å². The summed E-state index contributed by atoms with van der Waals surface area (Å²) in [5.74, 6) is -2.76. The molecule has 0 amide bonds. The maximum atomic E-state index is 12.0. The summed E-state index contributed by atoms with van der Waals surface area (Å²) < 4.78 is 6.10. The molecule has 0 saturated carbocycles. The van der Waals surface area contributed by atoms with Crippen molar-refractivity contribution in [1.29, 1.82) is 0 Å². The summed E-state index contributed by atoms with van der Waals surface area (Å²) in [6, 6.07) is 10.3. The number of carboxylic acids is 2. The summed E-state index contributed by atoms with van der Waals surface area (Å²) in [5, 5.41) is 30.8. The third-order valence-corrected chi connectivity index (χ3v) is 6.48. The topological polar surface area (TPSA) is 116 Å². The smallest absolute Gasteiger partial charge is 0.332 e. The molecule has 7 nitrogen and oxygen atoms in total. The fraction of sp³-hybridized carbons (Fsp3) is 0.333. The van der Waals surface area contributed by atoms with Gasteiger partial charge in [-0.3, -0.25) is 0 Å². The fourth-order valence-corrected chi connectivity index (χ4v) is 4.26. The number of ether oxygens (including phenoxy) is 1. The van der Waals surface area contributed by atoms with Crippen LogP contribution in [-0.4, -0.2) is 53.6 Å². The molecule has 0 fully saturated rings. The Balaban J connectivity index is 0.00000182. The summed E-state index contributed by atoms with van der Waals surface area (Å²) in [4.78, 5) is 23.3. The second-order valence-corrected chi connectivity index (χ2v) is 9.14.